The molecule has 0 spiro atoms. The van der Waals surface area contributed by atoms with Gasteiger partial charge in [0, 0.05) is 22.3 Å². The zero-order chi connectivity index (χ0) is 29.7. The molecule has 40 heavy (non-hydrogen) atoms. The first-order valence-electron chi connectivity index (χ1n) is 14.2. The molecule has 0 saturated carbocycles. The quantitative estimate of drug-likeness (QED) is 0.249. The molecule has 1 atom stereocenters. The van der Waals surface area contributed by atoms with E-state index >= 15 is 0 Å². The maximum Gasteiger partial charge on any atom is 0.123 e. The molecule has 212 valence electrons. The summed E-state index contributed by atoms with van der Waals surface area (Å²) in [6, 6.07) is 23.2. The highest BCUT2D eigenvalue weighted by molar-refractivity contribution is 7.08. The molecule has 2 N–H and O–H groups in total. The molecule has 3 heteroatoms. The van der Waals surface area contributed by atoms with Crippen molar-refractivity contribution >= 4 is 11.3 Å². The normalized spacial score (nSPS) is 13.8. The summed E-state index contributed by atoms with van der Waals surface area (Å²) in [7, 11) is 0. The van der Waals surface area contributed by atoms with Gasteiger partial charge in [0.15, 0.2) is 0 Å². The molecule has 1 aromatic heterocycles. The highest BCUT2D eigenvalue weighted by Crippen LogP contribution is 2.49. The molecule has 0 bridgehead atoms. The van der Waals surface area contributed by atoms with E-state index in [9.17, 15) is 10.2 Å². The second-order valence-corrected chi connectivity index (χ2v) is 15.2. The molecule has 0 amide bonds. The minimum Gasteiger partial charge on any atom is -0.508 e. The monoisotopic (exact) mass is 554 g/mol. The largest absolute Gasteiger partial charge is 0.508 e. The smallest absolute Gasteiger partial charge is 0.123 e. The van der Waals surface area contributed by atoms with E-state index in [1.54, 1.807) is 23.5 Å². The number of benzene rings is 3. The minimum atomic E-state index is -0.277. The predicted octanol–water partition coefficient (Wildman–Crippen LogP) is 10.3. The molecule has 4 aromatic rings. The number of rotatable bonds is 6. The van der Waals surface area contributed by atoms with Crippen molar-refractivity contribution in [1.82, 2.24) is 0 Å². The van der Waals surface area contributed by atoms with E-state index in [1.807, 2.05) is 12.1 Å². The predicted molar refractivity (Wildman–Crippen MR) is 171 cm³/mol. The lowest BCUT2D eigenvalue weighted by Crippen LogP contribution is -2.25. The van der Waals surface area contributed by atoms with Gasteiger partial charge in [-0.3, -0.25) is 0 Å². The van der Waals surface area contributed by atoms with Gasteiger partial charge in [0.05, 0.1) is 0 Å². The van der Waals surface area contributed by atoms with Crippen LogP contribution in [-0.2, 0) is 16.2 Å². The fourth-order valence-electron chi connectivity index (χ4n) is 5.91. The molecular weight excluding hydrogens is 508 g/mol. The third kappa shape index (κ3) is 5.72. The van der Waals surface area contributed by atoms with E-state index in [2.05, 4.69) is 122 Å². The topological polar surface area (TPSA) is 40.5 Å². The van der Waals surface area contributed by atoms with Gasteiger partial charge >= 0.3 is 0 Å². The Kier molecular flexibility index (Phi) is 7.79. The lowest BCUT2D eigenvalue weighted by molar-refractivity contribution is 0.344. The molecule has 4 rings (SSSR count). The molecule has 0 aliphatic carbocycles. The number of aromatic hydroxyl groups is 2. The molecule has 0 fully saturated rings. The first-order valence-corrected chi connectivity index (χ1v) is 15.2. The molecule has 0 saturated heterocycles. The van der Waals surface area contributed by atoms with E-state index in [0.717, 1.165) is 16.7 Å². The van der Waals surface area contributed by atoms with Gasteiger partial charge in [-0.15, -0.1) is 0 Å². The van der Waals surface area contributed by atoms with Gasteiger partial charge in [-0.05, 0) is 73.2 Å². The van der Waals surface area contributed by atoms with Crippen molar-refractivity contribution in [2.24, 2.45) is 5.41 Å². The summed E-state index contributed by atoms with van der Waals surface area (Å²) < 4.78 is 0. The number of hydrogen-bond acceptors (Lipinski definition) is 3. The van der Waals surface area contributed by atoms with E-state index in [0.29, 0.717) is 5.75 Å². The van der Waals surface area contributed by atoms with Crippen LogP contribution in [0.1, 0.15) is 114 Å². The molecule has 1 heterocycles. The van der Waals surface area contributed by atoms with Gasteiger partial charge in [-0.2, -0.15) is 11.3 Å². The Hall–Kier alpha value is -3.04. The molecular formula is C37H46O2S. The van der Waals surface area contributed by atoms with Crippen LogP contribution in [0.2, 0.25) is 0 Å². The zero-order valence-corrected chi connectivity index (χ0v) is 26.7. The first-order chi connectivity index (χ1) is 18.4. The molecule has 2 nitrogen and oxygen atoms in total. The van der Waals surface area contributed by atoms with Gasteiger partial charge in [-0.25, -0.2) is 0 Å². The standard InChI is InChI=1S/C37H46O2S/c1-34(2,3)31-22-28(21-30(33(31)39)32(35(4,5)6)24-19-20-40-23-24)37(9,10)26-13-11-25(12-14-26)36(7,8)27-15-17-29(38)18-16-27/h11-23,32,38-39H,1-10H3. The van der Waals surface area contributed by atoms with Crippen molar-refractivity contribution in [3.63, 3.8) is 0 Å². The van der Waals surface area contributed by atoms with Gasteiger partial charge in [0.25, 0.3) is 0 Å². The maximum atomic E-state index is 11.8. The minimum absolute atomic E-state index is 0.0715. The van der Waals surface area contributed by atoms with Crippen LogP contribution in [0.3, 0.4) is 0 Å². The van der Waals surface area contributed by atoms with Crippen LogP contribution in [0.15, 0.2) is 77.5 Å². The van der Waals surface area contributed by atoms with Crippen molar-refractivity contribution < 1.29 is 10.2 Å². The van der Waals surface area contributed by atoms with Gasteiger partial charge < -0.3 is 10.2 Å². The highest BCUT2D eigenvalue weighted by Gasteiger charge is 2.35. The van der Waals surface area contributed by atoms with Crippen molar-refractivity contribution in [3.05, 3.63) is 116 Å². The van der Waals surface area contributed by atoms with Crippen LogP contribution in [0.4, 0.5) is 0 Å². The fourth-order valence-corrected chi connectivity index (χ4v) is 6.60. The van der Waals surface area contributed by atoms with Crippen molar-refractivity contribution in [2.75, 3.05) is 0 Å². The molecule has 0 aliphatic heterocycles. The number of thiophene rings is 1. The number of phenolic OH excluding ortho intramolecular Hbond substituents is 2. The Bertz CT molecular complexity index is 1440. The lowest BCUT2D eigenvalue weighted by Gasteiger charge is -2.36. The van der Waals surface area contributed by atoms with Crippen LogP contribution in [0.25, 0.3) is 0 Å². The second-order valence-electron chi connectivity index (χ2n) is 14.4. The van der Waals surface area contributed by atoms with E-state index < -0.39 is 0 Å². The van der Waals surface area contributed by atoms with Crippen molar-refractivity contribution in [3.8, 4) is 11.5 Å². The molecule has 3 aromatic carbocycles. The zero-order valence-electron chi connectivity index (χ0n) is 25.9. The van der Waals surface area contributed by atoms with Crippen LogP contribution in [0.5, 0.6) is 11.5 Å². The SMILES string of the molecule is CC(C)(C)c1cc(C(C)(C)c2ccc(C(C)(C)c3ccc(O)cc3)cc2)cc(C(c2ccsc2)C(C)(C)C)c1O. The van der Waals surface area contributed by atoms with Crippen molar-refractivity contribution in [2.45, 2.75) is 91.4 Å². The van der Waals surface area contributed by atoms with Gasteiger partial charge in [0.2, 0.25) is 0 Å². The Morgan fingerprint density at radius 3 is 1.50 bits per heavy atom. The van der Waals surface area contributed by atoms with Gasteiger partial charge in [0.1, 0.15) is 11.5 Å². The Balaban J connectivity index is 1.83. The van der Waals surface area contributed by atoms with E-state index in [4.69, 9.17) is 0 Å². The summed E-state index contributed by atoms with van der Waals surface area (Å²) in [4.78, 5) is 0. The summed E-state index contributed by atoms with van der Waals surface area (Å²) in [5.41, 5.74) is 7.33. The summed E-state index contributed by atoms with van der Waals surface area (Å²) in [5, 5.41) is 25.9. The average molecular weight is 555 g/mol. The average Bonchev–Trinajstić information content (AvgIpc) is 3.38. The van der Waals surface area contributed by atoms with Crippen LogP contribution < -0.4 is 0 Å². The fraction of sp³-hybridized carbons (Fsp3) is 0.405. The summed E-state index contributed by atoms with van der Waals surface area (Å²) in [6.07, 6.45) is 0. The molecule has 0 radical (unpaired) electrons. The van der Waals surface area contributed by atoms with Crippen molar-refractivity contribution in [1.29, 1.82) is 0 Å². The first kappa shape index (κ1) is 29.9. The number of phenols is 2. The van der Waals surface area contributed by atoms with Crippen LogP contribution >= 0.6 is 11.3 Å². The Labute approximate surface area is 245 Å². The molecule has 0 aliphatic rings. The highest BCUT2D eigenvalue weighted by atomic mass is 32.1. The second kappa shape index (κ2) is 10.4. The third-order valence-electron chi connectivity index (χ3n) is 8.64. The van der Waals surface area contributed by atoms with Crippen LogP contribution in [-0.4, -0.2) is 10.2 Å². The Morgan fingerprint density at radius 1 is 0.600 bits per heavy atom. The summed E-state index contributed by atoms with van der Waals surface area (Å²) >= 11 is 1.71. The van der Waals surface area contributed by atoms with Gasteiger partial charge in [-0.1, -0.05) is 118 Å². The van der Waals surface area contributed by atoms with Crippen LogP contribution in [0, 0.1) is 5.41 Å². The molecule has 1 unspecified atom stereocenters. The number of hydrogen-bond donors (Lipinski definition) is 2. The maximum absolute atomic E-state index is 11.8. The van der Waals surface area contributed by atoms with E-state index in [-0.39, 0.29) is 33.3 Å². The third-order valence-corrected chi connectivity index (χ3v) is 9.34. The van der Waals surface area contributed by atoms with E-state index in [1.165, 1.54) is 22.3 Å². The summed E-state index contributed by atoms with van der Waals surface area (Å²) in [5.74, 6) is 0.778. The Morgan fingerprint density at radius 2 is 1.07 bits per heavy atom. The lowest BCUT2D eigenvalue weighted by atomic mass is 9.68. The summed E-state index contributed by atoms with van der Waals surface area (Å²) in [6.45, 7) is 22.3.